The van der Waals surface area contributed by atoms with Gasteiger partial charge in [-0.2, -0.15) is 0 Å². The van der Waals surface area contributed by atoms with E-state index in [1.807, 2.05) is 0 Å². The lowest BCUT2D eigenvalue weighted by atomic mass is 9.67. The first kappa shape index (κ1) is 93.5. The topological polar surface area (TPSA) is 408 Å². The highest BCUT2D eigenvalue weighted by molar-refractivity contribution is 5.90. The molecule has 24 unspecified atom stereocenters. The summed E-state index contributed by atoms with van der Waals surface area (Å²) in [6, 6.07) is 0. The van der Waals surface area contributed by atoms with E-state index in [0.29, 0.717) is 80.1 Å². The molecule has 3 saturated carbocycles. The summed E-state index contributed by atoms with van der Waals surface area (Å²) in [4.78, 5) is 84.3. The van der Waals surface area contributed by atoms with E-state index >= 15 is 0 Å². The molecule has 6 rings (SSSR count). The van der Waals surface area contributed by atoms with Crippen LogP contribution in [0.25, 0.3) is 0 Å². The van der Waals surface area contributed by atoms with Crippen LogP contribution in [0.15, 0.2) is 12.2 Å². The fraction of sp³-hybridized carbons (Fsp3) is 0.889. The van der Waals surface area contributed by atoms with Gasteiger partial charge in [-0.15, -0.1) is 0 Å². The van der Waals surface area contributed by atoms with Crippen molar-refractivity contribution in [3.8, 4) is 0 Å². The molecule has 3 aliphatic heterocycles. The Kier molecular flexibility index (Phi) is 45.9. The number of aliphatic hydroxyl groups is 9. The van der Waals surface area contributed by atoms with Crippen molar-refractivity contribution in [2.75, 3.05) is 19.8 Å². The van der Waals surface area contributed by atoms with Crippen molar-refractivity contribution in [3.05, 3.63) is 12.2 Å². The average molecular weight is 1500 g/mol. The Bertz CT molecular complexity index is 2500. The fourth-order valence-corrected chi connectivity index (χ4v) is 17.2. The summed E-state index contributed by atoms with van der Waals surface area (Å²) in [6.45, 7) is 11.9. The molecule has 0 aromatic carbocycles. The van der Waals surface area contributed by atoms with Crippen LogP contribution >= 0.6 is 0 Å². The molecule has 24 atom stereocenters. The lowest BCUT2D eigenvalue weighted by Crippen LogP contribution is -2.62. The standard InChI is InChI=1S/C29H48O9.C27H48O8.C25H44O7/c1-3-5-7-9-11-13-20-17-22(30)21(16-19(20)12-10-8-6-4-2)29-28(36)27(35)26(34)23(38-29)18-37-25(33)15-14-24(31)32;1-3-5-7-9-11-13-19-15-21(28)20(14-18(19)12-10-8-6-4-2)27-26(33)25(32)24(31)22(35-27)16-34-17-23(29)30;1-3-5-7-9-11-13-17-15-19(26)18(14-16(17)12-10-8-6-4-2)23-21(28)20(27)22(29)24(32-23)25(30)31/h14-15,19-21,23,26-29,34-36H,3-13,16-18H2,1-2H3,(H,31,32);18-20,22,24-27,31-33H,3-17H2,1-2H3,(H,29,30);16-18,20-24,27-29H,3-15H2,1-2H3,(H,30,31)/b15-14-;;. The predicted molar refractivity (Wildman–Crippen MR) is 394 cm³/mol. The zero-order valence-corrected chi connectivity index (χ0v) is 64.5. The van der Waals surface area contributed by atoms with Gasteiger partial charge in [0.15, 0.2) is 6.10 Å². The minimum absolute atomic E-state index is 0.00106. The first-order valence-corrected chi connectivity index (χ1v) is 41.1. The van der Waals surface area contributed by atoms with Crippen LogP contribution in [-0.4, -0.2) is 214 Å². The third-order valence-electron chi connectivity index (χ3n) is 23.5. The third-order valence-corrected chi connectivity index (χ3v) is 23.5. The van der Waals surface area contributed by atoms with Crippen LogP contribution < -0.4 is 0 Å². The number of ether oxygens (including phenoxy) is 5. The molecule has 24 heteroatoms. The minimum Gasteiger partial charge on any atom is -0.480 e. The van der Waals surface area contributed by atoms with Crippen LogP contribution in [0, 0.1) is 53.3 Å². The summed E-state index contributed by atoms with van der Waals surface area (Å²) in [5.74, 6) is -4.65. The molecule has 0 radical (unpaired) electrons. The summed E-state index contributed by atoms with van der Waals surface area (Å²) in [5, 5.41) is 121. The number of carbonyl (C=O) groups is 7. The first-order valence-electron chi connectivity index (χ1n) is 41.1. The Morgan fingerprint density at radius 1 is 0.362 bits per heavy atom. The second-order valence-electron chi connectivity index (χ2n) is 31.5. The molecule has 3 aliphatic carbocycles. The normalized spacial score (nSPS) is 33.7. The molecule has 12 N–H and O–H groups in total. The second kappa shape index (κ2) is 51.6. The van der Waals surface area contributed by atoms with Gasteiger partial charge in [0, 0.05) is 49.2 Å². The van der Waals surface area contributed by atoms with E-state index < -0.39 is 146 Å². The monoisotopic (exact) mass is 1500 g/mol. The van der Waals surface area contributed by atoms with Crippen molar-refractivity contribution in [1.29, 1.82) is 0 Å². The first-order chi connectivity index (χ1) is 50.3. The molecule has 608 valence electrons. The van der Waals surface area contributed by atoms with E-state index in [2.05, 4.69) is 41.5 Å². The Morgan fingerprint density at radius 3 is 0.971 bits per heavy atom. The molecule has 3 heterocycles. The van der Waals surface area contributed by atoms with Crippen molar-refractivity contribution in [2.45, 2.75) is 384 Å². The molecule has 3 saturated heterocycles. The third kappa shape index (κ3) is 31.4. The number of unbranched alkanes of at least 4 members (excludes halogenated alkanes) is 21. The number of aliphatic hydroxyl groups excluding tert-OH is 9. The summed E-state index contributed by atoms with van der Waals surface area (Å²) in [6.07, 6.45) is 21.6. The van der Waals surface area contributed by atoms with Gasteiger partial charge in [-0.05, 0) is 74.0 Å². The second-order valence-corrected chi connectivity index (χ2v) is 31.5. The van der Waals surface area contributed by atoms with E-state index in [1.54, 1.807) is 0 Å². The van der Waals surface area contributed by atoms with Crippen molar-refractivity contribution in [2.24, 2.45) is 53.3 Å². The largest absolute Gasteiger partial charge is 0.480 e. The van der Waals surface area contributed by atoms with Crippen LogP contribution in [0.4, 0.5) is 0 Å². The molecule has 6 fully saturated rings. The van der Waals surface area contributed by atoms with Gasteiger partial charge in [-0.3, -0.25) is 14.4 Å². The maximum Gasteiger partial charge on any atom is 0.335 e. The number of carbonyl (C=O) groups excluding carboxylic acids is 4. The van der Waals surface area contributed by atoms with E-state index in [4.69, 9.17) is 33.9 Å². The lowest BCUT2D eigenvalue weighted by Gasteiger charge is -2.46. The van der Waals surface area contributed by atoms with Gasteiger partial charge in [0.25, 0.3) is 0 Å². The Balaban J connectivity index is 0.000000334. The molecule has 0 aromatic rings. The molecule has 6 aliphatic rings. The molecule has 105 heavy (non-hydrogen) atoms. The lowest BCUT2D eigenvalue weighted by molar-refractivity contribution is -0.245. The Hall–Kier alpha value is -3.89. The number of carboxylic acid groups (broad SMARTS) is 3. The van der Waals surface area contributed by atoms with Crippen LogP contribution in [0.2, 0.25) is 0 Å². The molecular formula is C81H140O24. The molecule has 0 spiro atoms. The van der Waals surface area contributed by atoms with E-state index in [0.717, 1.165) is 109 Å². The van der Waals surface area contributed by atoms with E-state index in [-0.39, 0.29) is 24.0 Å². The number of aliphatic carboxylic acids is 3. The number of hydrogen-bond donors (Lipinski definition) is 12. The highest BCUT2D eigenvalue weighted by atomic mass is 16.6. The van der Waals surface area contributed by atoms with Gasteiger partial charge in [0.2, 0.25) is 0 Å². The van der Waals surface area contributed by atoms with Crippen LogP contribution in [0.3, 0.4) is 0 Å². The zero-order valence-electron chi connectivity index (χ0n) is 64.5. The highest BCUT2D eigenvalue weighted by Crippen LogP contribution is 2.46. The van der Waals surface area contributed by atoms with E-state index in [9.17, 15) is 84.6 Å². The maximum atomic E-state index is 13.3. The average Bonchev–Trinajstić information content (AvgIpc) is 0.791. The SMILES string of the molecule is CCCCCCCC1CC(=O)C(C2OC(C(=O)O)C(O)C(O)C2O)CC1CCCCCC.CCCCCCCC1CC(=O)C(C2OC(COC(=O)/C=C\C(=O)O)C(O)C(O)C2O)CC1CCCCCC.CCCCCCCC1CC(=O)C(C2OC(COCC(=O)O)C(O)C(O)C2O)CC1CCCCCC. The van der Waals surface area contributed by atoms with Crippen molar-refractivity contribution >= 4 is 41.2 Å². The maximum absolute atomic E-state index is 13.3. The van der Waals surface area contributed by atoms with Gasteiger partial charge in [-0.25, -0.2) is 19.2 Å². The van der Waals surface area contributed by atoms with Gasteiger partial charge in [-0.1, -0.05) is 234 Å². The fourth-order valence-electron chi connectivity index (χ4n) is 17.2. The Labute approximate surface area is 625 Å². The number of carboxylic acids is 3. The number of rotatable bonds is 45. The van der Waals surface area contributed by atoms with Gasteiger partial charge in [0.05, 0.1) is 24.9 Å². The number of hydrogen-bond acceptors (Lipinski definition) is 21. The van der Waals surface area contributed by atoms with Crippen molar-refractivity contribution in [3.63, 3.8) is 0 Å². The number of Topliss-reactive ketones (excluding diaryl/α,β-unsaturated/α-hetero) is 3. The van der Waals surface area contributed by atoms with Gasteiger partial charge < -0.3 is 85.0 Å². The van der Waals surface area contributed by atoms with Crippen LogP contribution in [0.1, 0.15) is 292 Å². The summed E-state index contributed by atoms with van der Waals surface area (Å²) >= 11 is 0. The summed E-state index contributed by atoms with van der Waals surface area (Å²) < 4.78 is 27.4. The Morgan fingerprint density at radius 2 is 0.657 bits per heavy atom. The number of esters is 1. The summed E-state index contributed by atoms with van der Waals surface area (Å²) in [5.41, 5.74) is 0. The van der Waals surface area contributed by atoms with Crippen LogP contribution in [0.5, 0.6) is 0 Å². The molecule has 0 amide bonds. The van der Waals surface area contributed by atoms with Gasteiger partial charge >= 0.3 is 23.9 Å². The molecule has 0 aromatic heterocycles. The predicted octanol–water partition coefficient (Wildman–Crippen LogP) is 10.5. The molecule has 0 bridgehead atoms. The van der Waals surface area contributed by atoms with Gasteiger partial charge in [0.1, 0.15) is 97.7 Å². The number of ketones is 3. The summed E-state index contributed by atoms with van der Waals surface area (Å²) in [7, 11) is 0. The van der Waals surface area contributed by atoms with Crippen molar-refractivity contribution in [1.82, 2.24) is 0 Å². The minimum atomic E-state index is -1.72. The quantitative estimate of drug-likeness (QED) is 0.0153. The molecular weight excluding hydrogens is 1360 g/mol. The van der Waals surface area contributed by atoms with Crippen molar-refractivity contribution < 1.29 is 119 Å². The smallest absolute Gasteiger partial charge is 0.335 e. The zero-order chi connectivity index (χ0) is 77.5. The van der Waals surface area contributed by atoms with E-state index in [1.165, 1.54) is 109 Å². The molecule has 24 nitrogen and oxygen atoms in total. The van der Waals surface area contributed by atoms with Crippen LogP contribution in [-0.2, 0) is 57.2 Å². The highest BCUT2D eigenvalue weighted by Gasteiger charge is 2.55.